The lowest BCUT2D eigenvalue weighted by atomic mass is 10.2. The summed E-state index contributed by atoms with van der Waals surface area (Å²) in [6.45, 7) is 1.80. The van der Waals surface area contributed by atoms with Gasteiger partial charge in [0.15, 0.2) is 11.2 Å². The first-order valence-corrected chi connectivity index (χ1v) is 11.1. The number of halogens is 1. The summed E-state index contributed by atoms with van der Waals surface area (Å²) in [6, 6.07) is 14.8. The van der Waals surface area contributed by atoms with Gasteiger partial charge in [0.1, 0.15) is 12.4 Å². The summed E-state index contributed by atoms with van der Waals surface area (Å²) in [5.41, 5.74) is 4.69. The van der Waals surface area contributed by atoms with Gasteiger partial charge in [0.05, 0.1) is 12.9 Å². The van der Waals surface area contributed by atoms with Gasteiger partial charge in [-0.05, 0) is 36.3 Å². The van der Waals surface area contributed by atoms with E-state index in [2.05, 4.69) is 15.8 Å². The number of imidazole rings is 1. The van der Waals surface area contributed by atoms with E-state index in [1.54, 1.807) is 10.6 Å². The molecule has 0 aliphatic rings. The van der Waals surface area contributed by atoms with E-state index in [0.717, 1.165) is 16.2 Å². The maximum absolute atomic E-state index is 13.2. The van der Waals surface area contributed by atoms with Crippen LogP contribution in [0.2, 0.25) is 0 Å². The van der Waals surface area contributed by atoms with E-state index in [9.17, 15) is 23.6 Å². The Morgan fingerprint density at radius 2 is 1.81 bits per heavy atom. The summed E-state index contributed by atoms with van der Waals surface area (Å²) >= 11 is 0. The van der Waals surface area contributed by atoms with E-state index in [-0.39, 0.29) is 17.7 Å². The molecule has 2 N–H and O–H groups in total. The van der Waals surface area contributed by atoms with Crippen LogP contribution >= 0.6 is 0 Å². The van der Waals surface area contributed by atoms with Crippen molar-refractivity contribution in [2.75, 3.05) is 0 Å². The van der Waals surface area contributed by atoms with E-state index in [1.807, 2.05) is 37.3 Å². The number of nitrogens with zero attached hydrogens (tertiary/aromatic N) is 4. The van der Waals surface area contributed by atoms with Gasteiger partial charge in [0.2, 0.25) is 0 Å². The quantitative estimate of drug-likeness (QED) is 0.300. The zero-order valence-electron chi connectivity index (χ0n) is 19.3. The molecule has 0 atom stereocenters. The van der Waals surface area contributed by atoms with E-state index in [0.29, 0.717) is 12.1 Å². The van der Waals surface area contributed by atoms with Gasteiger partial charge in [-0.15, -0.1) is 0 Å². The number of hydrogen-bond donors (Lipinski definition) is 2. The standard InChI is InChI=1S/C25H23FN6O4/c1-2-30-16-27-23-22(30)24(35)32(25(36)31(23)14-18-7-4-3-5-8-18)15-21(34)29-28-20(33)12-11-17-9-6-10-19(26)13-17/h3-13,16H,2,14-15H2,1H3,(H,28,33)(H,29,34)/b12-11+. The third-order valence-electron chi connectivity index (χ3n) is 5.41. The average molecular weight is 490 g/mol. The highest BCUT2D eigenvalue weighted by atomic mass is 19.1. The molecule has 0 radical (unpaired) electrons. The molecule has 0 unspecified atom stereocenters. The number of rotatable bonds is 7. The van der Waals surface area contributed by atoms with Crippen molar-refractivity contribution in [3.63, 3.8) is 0 Å². The van der Waals surface area contributed by atoms with Gasteiger partial charge in [-0.3, -0.25) is 29.8 Å². The van der Waals surface area contributed by atoms with Crippen molar-refractivity contribution in [3.8, 4) is 0 Å². The van der Waals surface area contributed by atoms with Crippen LogP contribution in [0.25, 0.3) is 17.2 Å². The monoisotopic (exact) mass is 490 g/mol. The zero-order valence-corrected chi connectivity index (χ0v) is 19.3. The van der Waals surface area contributed by atoms with Crippen molar-refractivity contribution < 1.29 is 14.0 Å². The Morgan fingerprint density at radius 1 is 1.03 bits per heavy atom. The highest BCUT2D eigenvalue weighted by Crippen LogP contribution is 2.10. The number of hydrazine groups is 1. The molecule has 36 heavy (non-hydrogen) atoms. The zero-order chi connectivity index (χ0) is 25.7. The molecule has 0 saturated heterocycles. The lowest BCUT2D eigenvalue weighted by molar-refractivity contribution is -0.127. The molecular weight excluding hydrogens is 467 g/mol. The molecule has 0 bridgehead atoms. The molecule has 2 aromatic carbocycles. The first-order chi connectivity index (χ1) is 17.4. The third kappa shape index (κ3) is 5.30. The van der Waals surface area contributed by atoms with Crippen LogP contribution in [-0.4, -0.2) is 30.5 Å². The number of amides is 2. The van der Waals surface area contributed by atoms with Gasteiger partial charge in [-0.25, -0.2) is 18.7 Å². The fourth-order valence-electron chi connectivity index (χ4n) is 3.66. The molecule has 0 fully saturated rings. The minimum atomic E-state index is -0.783. The number of fused-ring (bicyclic) bond motifs is 1. The van der Waals surface area contributed by atoms with Crippen molar-refractivity contribution in [2.24, 2.45) is 0 Å². The maximum Gasteiger partial charge on any atom is 0.333 e. The molecule has 11 heteroatoms. The lowest BCUT2D eigenvalue weighted by Crippen LogP contribution is -2.48. The van der Waals surface area contributed by atoms with Crippen LogP contribution in [0.1, 0.15) is 18.1 Å². The molecule has 184 valence electrons. The fourth-order valence-corrected chi connectivity index (χ4v) is 3.66. The molecule has 4 rings (SSSR count). The molecule has 4 aromatic rings. The van der Waals surface area contributed by atoms with Crippen LogP contribution in [0, 0.1) is 5.82 Å². The van der Waals surface area contributed by atoms with Crippen molar-refractivity contribution in [1.82, 2.24) is 29.5 Å². The molecule has 0 aliphatic carbocycles. The predicted octanol–water partition coefficient (Wildman–Crippen LogP) is 1.43. The Balaban J connectivity index is 1.55. The molecular formula is C25H23FN6O4. The van der Waals surface area contributed by atoms with Crippen molar-refractivity contribution >= 4 is 29.1 Å². The Bertz CT molecular complexity index is 1570. The molecule has 2 heterocycles. The summed E-state index contributed by atoms with van der Waals surface area (Å²) in [5, 5.41) is 0. The van der Waals surface area contributed by atoms with Gasteiger partial charge in [0, 0.05) is 12.6 Å². The Labute approximate surface area is 204 Å². The summed E-state index contributed by atoms with van der Waals surface area (Å²) in [7, 11) is 0. The largest absolute Gasteiger partial charge is 0.333 e. The normalized spacial score (nSPS) is 11.2. The minimum absolute atomic E-state index is 0.153. The fraction of sp³-hybridized carbons (Fsp3) is 0.160. The molecule has 0 spiro atoms. The Hall–Kier alpha value is -4.80. The second-order valence-corrected chi connectivity index (χ2v) is 7.87. The molecule has 0 aliphatic heterocycles. The predicted molar refractivity (Wildman–Crippen MR) is 131 cm³/mol. The van der Waals surface area contributed by atoms with Gasteiger partial charge >= 0.3 is 5.69 Å². The van der Waals surface area contributed by atoms with Crippen LogP contribution < -0.4 is 22.1 Å². The first-order valence-electron chi connectivity index (χ1n) is 11.1. The number of carbonyl (C=O) groups is 2. The van der Waals surface area contributed by atoms with Crippen molar-refractivity contribution in [2.45, 2.75) is 26.6 Å². The number of hydrogen-bond acceptors (Lipinski definition) is 5. The Morgan fingerprint density at radius 3 is 2.53 bits per heavy atom. The summed E-state index contributed by atoms with van der Waals surface area (Å²) in [5.74, 6) is -1.91. The first kappa shape index (κ1) is 24.3. The van der Waals surface area contributed by atoms with Crippen LogP contribution in [-0.2, 0) is 29.2 Å². The van der Waals surface area contributed by atoms with Gasteiger partial charge in [0.25, 0.3) is 17.4 Å². The molecule has 10 nitrogen and oxygen atoms in total. The summed E-state index contributed by atoms with van der Waals surface area (Å²) in [6.07, 6.45) is 3.96. The van der Waals surface area contributed by atoms with E-state index < -0.39 is 35.4 Å². The molecule has 0 saturated carbocycles. The van der Waals surface area contributed by atoms with Crippen LogP contribution in [0.3, 0.4) is 0 Å². The van der Waals surface area contributed by atoms with Crippen LogP contribution in [0.5, 0.6) is 0 Å². The number of aryl methyl sites for hydroxylation is 1. The van der Waals surface area contributed by atoms with Gasteiger partial charge in [-0.2, -0.15) is 0 Å². The van der Waals surface area contributed by atoms with Crippen molar-refractivity contribution in [3.05, 3.63) is 105 Å². The van der Waals surface area contributed by atoms with Crippen molar-refractivity contribution in [1.29, 1.82) is 0 Å². The minimum Gasteiger partial charge on any atom is -0.325 e. The van der Waals surface area contributed by atoms with Gasteiger partial charge in [-0.1, -0.05) is 42.5 Å². The number of carbonyl (C=O) groups excluding carboxylic acids is 2. The summed E-state index contributed by atoms with van der Waals surface area (Å²) in [4.78, 5) is 55.2. The highest BCUT2D eigenvalue weighted by Gasteiger charge is 2.19. The highest BCUT2D eigenvalue weighted by molar-refractivity contribution is 5.93. The molecule has 2 aromatic heterocycles. The number of benzene rings is 2. The second-order valence-electron chi connectivity index (χ2n) is 7.87. The Kier molecular flexibility index (Phi) is 7.19. The van der Waals surface area contributed by atoms with E-state index in [1.165, 1.54) is 35.2 Å². The van der Waals surface area contributed by atoms with Crippen LogP contribution in [0.4, 0.5) is 4.39 Å². The smallest absolute Gasteiger partial charge is 0.325 e. The average Bonchev–Trinajstić information content (AvgIpc) is 3.31. The topological polar surface area (TPSA) is 120 Å². The van der Waals surface area contributed by atoms with E-state index in [4.69, 9.17) is 0 Å². The van der Waals surface area contributed by atoms with E-state index >= 15 is 0 Å². The van der Waals surface area contributed by atoms with Crippen LogP contribution in [0.15, 0.2) is 76.6 Å². The maximum atomic E-state index is 13.2. The lowest BCUT2D eigenvalue weighted by Gasteiger charge is -2.12. The molecule has 2 amide bonds. The number of aromatic nitrogens is 4. The number of nitrogens with one attached hydrogen (secondary N) is 2. The third-order valence-corrected chi connectivity index (χ3v) is 5.41. The SMILES string of the molecule is CCn1cnc2c1c(=O)n(CC(=O)NNC(=O)/C=C/c1cccc(F)c1)c(=O)n2Cc1ccccc1. The summed E-state index contributed by atoms with van der Waals surface area (Å²) < 4.78 is 17.0. The second kappa shape index (κ2) is 10.6. The van der Waals surface area contributed by atoms with Gasteiger partial charge < -0.3 is 4.57 Å².